The average Bonchev–Trinajstić information content (AvgIpc) is 3.36. The minimum absolute atomic E-state index is 0.117. The van der Waals surface area contributed by atoms with Crippen molar-refractivity contribution in [3.8, 4) is 11.5 Å². The first-order valence-electron chi connectivity index (χ1n) is 12.0. The Bertz CT molecular complexity index is 1090. The summed E-state index contributed by atoms with van der Waals surface area (Å²) in [5, 5.41) is 3.89. The molecule has 1 amide bonds. The van der Waals surface area contributed by atoms with Crippen molar-refractivity contribution in [3.05, 3.63) is 65.7 Å². The molecule has 1 atom stereocenters. The molecule has 2 heterocycles. The Kier molecular flexibility index (Phi) is 7.57. The van der Waals surface area contributed by atoms with Crippen molar-refractivity contribution in [2.24, 2.45) is 0 Å². The number of aryl methyl sites for hydroxylation is 1. The second-order valence-corrected chi connectivity index (χ2v) is 8.38. The van der Waals surface area contributed by atoms with Crippen LogP contribution >= 0.6 is 0 Å². The summed E-state index contributed by atoms with van der Waals surface area (Å²) in [6.45, 7) is 9.89. The van der Waals surface area contributed by atoms with Crippen molar-refractivity contribution in [2.75, 3.05) is 44.2 Å². The average molecular weight is 466 g/mol. The number of anilines is 1. The smallest absolute Gasteiger partial charge is 0.258 e. The lowest BCUT2D eigenvalue weighted by molar-refractivity contribution is -0.137. The highest BCUT2D eigenvalue weighted by molar-refractivity contribution is 5.83. The molecule has 0 aliphatic carbocycles. The molecule has 7 nitrogen and oxygen atoms in total. The van der Waals surface area contributed by atoms with E-state index < -0.39 is 0 Å². The fourth-order valence-corrected chi connectivity index (χ4v) is 4.49. The molecule has 1 fully saturated rings. The van der Waals surface area contributed by atoms with Gasteiger partial charge in [0.05, 0.1) is 5.69 Å². The van der Waals surface area contributed by atoms with Gasteiger partial charge in [0.1, 0.15) is 11.9 Å². The molecule has 4 rings (SSSR count). The van der Waals surface area contributed by atoms with Gasteiger partial charge >= 0.3 is 0 Å². The molecule has 0 bridgehead atoms. The van der Waals surface area contributed by atoms with E-state index in [4.69, 9.17) is 4.52 Å². The lowest BCUT2D eigenvalue weighted by Crippen LogP contribution is -2.51. The van der Waals surface area contributed by atoms with Crippen molar-refractivity contribution in [2.45, 2.75) is 33.2 Å². The largest absolute Gasteiger partial charge is 0.367 e. The number of rotatable bonds is 8. The monoisotopic (exact) mass is 465 g/mol. The molecule has 2 aromatic carbocycles. The Morgan fingerprint density at radius 3 is 2.35 bits per heavy atom. The minimum Gasteiger partial charge on any atom is -0.367 e. The summed E-state index contributed by atoms with van der Waals surface area (Å²) in [5.74, 6) is 0.725. The molecule has 0 N–H and O–H groups in total. The number of halogens is 1. The maximum absolute atomic E-state index is 15.0. The first-order chi connectivity index (χ1) is 16.5. The summed E-state index contributed by atoms with van der Waals surface area (Å²) in [5.41, 5.74) is 2.11. The van der Waals surface area contributed by atoms with Gasteiger partial charge in [-0.3, -0.25) is 9.69 Å². The van der Waals surface area contributed by atoms with Gasteiger partial charge in [-0.1, -0.05) is 42.4 Å². The Morgan fingerprint density at radius 2 is 1.76 bits per heavy atom. The second kappa shape index (κ2) is 10.8. The van der Waals surface area contributed by atoms with E-state index in [1.165, 1.54) is 6.07 Å². The normalized spacial score (nSPS) is 15.4. The molecule has 1 aromatic heterocycles. The van der Waals surface area contributed by atoms with Crippen molar-refractivity contribution in [1.82, 2.24) is 19.9 Å². The number of hydrogen-bond donors (Lipinski definition) is 0. The number of hydrogen-bond acceptors (Lipinski definition) is 6. The molecular weight excluding hydrogens is 433 g/mol. The third-order valence-corrected chi connectivity index (χ3v) is 6.42. The predicted octanol–water partition coefficient (Wildman–Crippen LogP) is 4.17. The van der Waals surface area contributed by atoms with Crippen LogP contribution in [0.3, 0.4) is 0 Å². The fraction of sp³-hybridized carbons (Fsp3) is 0.423. The maximum atomic E-state index is 15.0. The molecule has 180 valence electrons. The number of piperazine rings is 1. The van der Waals surface area contributed by atoms with Crippen molar-refractivity contribution < 1.29 is 13.7 Å². The Morgan fingerprint density at radius 1 is 1.06 bits per heavy atom. The molecular formula is C26H32FN5O2. The van der Waals surface area contributed by atoms with Crippen LogP contribution < -0.4 is 4.90 Å². The summed E-state index contributed by atoms with van der Waals surface area (Å²) in [6.07, 6.45) is 0.662. The lowest BCUT2D eigenvalue weighted by atomic mass is 10.0. The molecule has 3 aromatic rings. The van der Waals surface area contributed by atoms with Crippen LogP contribution in [0.25, 0.3) is 11.5 Å². The van der Waals surface area contributed by atoms with E-state index >= 15 is 4.39 Å². The summed E-state index contributed by atoms with van der Waals surface area (Å²) in [6, 6.07) is 14.6. The van der Waals surface area contributed by atoms with E-state index in [2.05, 4.69) is 15.0 Å². The third-order valence-electron chi connectivity index (χ3n) is 6.42. The van der Waals surface area contributed by atoms with Gasteiger partial charge in [0.25, 0.3) is 5.89 Å². The van der Waals surface area contributed by atoms with Gasteiger partial charge < -0.3 is 14.3 Å². The second-order valence-electron chi connectivity index (χ2n) is 8.38. The molecule has 8 heteroatoms. The van der Waals surface area contributed by atoms with Crippen molar-refractivity contribution >= 4 is 11.6 Å². The van der Waals surface area contributed by atoms with Crippen LogP contribution in [-0.2, 0) is 11.2 Å². The molecule has 1 aliphatic heterocycles. The number of carbonyl (C=O) groups is 1. The fourth-order valence-electron chi connectivity index (χ4n) is 4.49. The summed E-state index contributed by atoms with van der Waals surface area (Å²) in [4.78, 5) is 23.8. The number of nitrogens with zero attached hydrogens (tertiary/aromatic N) is 5. The Hall–Kier alpha value is -3.26. The predicted molar refractivity (Wildman–Crippen MR) is 130 cm³/mol. The zero-order chi connectivity index (χ0) is 24.1. The number of amides is 1. The Labute approximate surface area is 200 Å². The van der Waals surface area contributed by atoms with Gasteiger partial charge in [0.15, 0.2) is 5.82 Å². The van der Waals surface area contributed by atoms with Gasteiger partial charge in [-0.25, -0.2) is 4.39 Å². The van der Waals surface area contributed by atoms with Gasteiger partial charge in [0.2, 0.25) is 5.91 Å². The van der Waals surface area contributed by atoms with Gasteiger partial charge in [0, 0.05) is 51.3 Å². The summed E-state index contributed by atoms with van der Waals surface area (Å²) >= 11 is 0. The molecule has 0 spiro atoms. The minimum atomic E-state index is -0.333. The van der Waals surface area contributed by atoms with Gasteiger partial charge in [-0.2, -0.15) is 4.98 Å². The van der Waals surface area contributed by atoms with Crippen LogP contribution in [0.15, 0.2) is 53.1 Å². The van der Waals surface area contributed by atoms with E-state index in [9.17, 15) is 4.79 Å². The van der Waals surface area contributed by atoms with Crippen molar-refractivity contribution in [1.29, 1.82) is 0 Å². The van der Waals surface area contributed by atoms with Gasteiger partial charge in [-0.05, 0) is 37.6 Å². The zero-order valence-electron chi connectivity index (χ0n) is 20.1. The van der Waals surface area contributed by atoms with E-state index in [0.717, 1.165) is 5.56 Å². The first-order valence-corrected chi connectivity index (χ1v) is 12.0. The van der Waals surface area contributed by atoms with Crippen LogP contribution in [0.2, 0.25) is 0 Å². The highest BCUT2D eigenvalue weighted by atomic mass is 19.1. The molecule has 1 aliphatic rings. The first kappa shape index (κ1) is 23.9. The van der Waals surface area contributed by atoms with Crippen LogP contribution in [0.4, 0.5) is 10.1 Å². The number of likely N-dealkylation sites (N-methyl/N-ethyl adjacent to an activating group) is 1. The molecule has 34 heavy (non-hydrogen) atoms. The highest BCUT2D eigenvalue weighted by Crippen LogP contribution is 2.29. The highest BCUT2D eigenvalue weighted by Gasteiger charge is 2.33. The molecule has 1 unspecified atom stereocenters. The molecule has 0 saturated carbocycles. The van der Waals surface area contributed by atoms with E-state index in [0.29, 0.717) is 68.7 Å². The summed E-state index contributed by atoms with van der Waals surface area (Å²) in [7, 11) is 0. The SMILES string of the molecule is CCc1noc(-c2ccc(N3CCN(C(C(=O)N(CC)CC)c4ccccc4)CC3)c(F)c2)n1. The Balaban J connectivity index is 1.49. The standard InChI is InChI=1S/C26H32FN5O2/c1-4-23-28-25(34-29-23)20-12-13-22(21(27)18-20)31-14-16-32(17-15-31)24(19-10-8-7-9-11-19)26(33)30(5-2)6-3/h7-13,18,24H,4-6,14-17H2,1-3H3. The van der Waals surface area contributed by atoms with Crippen LogP contribution in [0.5, 0.6) is 0 Å². The topological polar surface area (TPSA) is 65.7 Å². The van der Waals surface area contributed by atoms with Crippen LogP contribution in [-0.4, -0.2) is 65.1 Å². The molecule has 0 radical (unpaired) electrons. The van der Waals surface area contributed by atoms with Crippen LogP contribution in [0, 0.1) is 5.82 Å². The summed E-state index contributed by atoms with van der Waals surface area (Å²) < 4.78 is 20.3. The quantitative estimate of drug-likeness (QED) is 0.498. The van der Waals surface area contributed by atoms with Crippen LogP contribution in [0.1, 0.15) is 38.2 Å². The maximum Gasteiger partial charge on any atom is 0.258 e. The van der Waals surface area contributed by atoms with E-state index in [1.807, 2.05) is 67.0 Å². The van der Waals surface area contributed by atoms with Gasteiger partial charge in [-0.15, -0.1) is 0 Å². The zero-order valence-corrected chi connectivity index (χ0v) is 20.1. The van der Waals surface area contributed by atoms with E-state index in [-0.39, 0.29) is 17.8 Å². The number of benzene rings is 2. The van der Waals surface area contributed by atoms with E-state index in [1.54, 1.807) is 6.07 Å². The third kappa shape index (κ3) is 4.97. The van der Waals surface area contributed by atoms with Crippen molar-refractivity contribution in [3.63, 3.8) is 0 Å². The lowest BCUT2D eigenvalue weighted by Gasteiger charge is -2.41. The molecule has 1 saturated heterocycles. The number of aromatic nitrogens is 2. The number of carbonyl (C=O) groups excluding carboxylic acids is 1.